The van der Waals surface area contributed by atoms with E-state index in [1.54, 1.807) is 19.1 Å². The maximum Gasteiger partial charge on any atom is 0.173 e. The zero-order valence-electron chi connectivity index (χ0n) is 8.74. The lowest BCUT2D eigenvalue weighted by atomic mass is 10.2. The first-order chi connectivity index (χ1) is 7.68. The summed E-state index contributed by atoms with van der Waals surface area (Å²) < 4.78 is 13.5. The second-order valence-electron chi connectivity index (χ2n) is 3.35. The van der Waals surface area contributed by atoms with Gasteiger partial charge in [-0.3, -0.25) is 0 Å². The van der Waals surface area contributed by atoms with Crippen molar-refractivity contribution in [3.8, 4) is 0 Å². The topological polar surface area (TPSA) is 63.8 Å². The molecule has 0 amide bonds. The number of nitrogen functional groups attached to an aromatic ring is 1. The Morgan fingerprint density at radius 1 is 1.25 bits per heavy atom. The van der Waals surface area contributed by atoms with Crippen LogP contribution >= 0.6 is 0 Å². The molecule has 82 valence electrons. The van der Waals surface area contributed by atoms with Crippen LogP contribution in [0.1, 0.15) is 5.56 Å². The molecule has 0 saturated carbocycles. The van der Waals surface area contributed by atoms with Crippen LogP contribution < -0.4 is 11.1 Å². The number of aromatic nitrogens is 2. The Hall–Kier alpha value is -2.17. The molecule has 0 aliphatic rings. The van der Waals surface area contributed by atoms with Crippen molar-refractivity contribution in [3.63, 3.8) is 0 Å². The first-order valence-corrected chi connectivity index (χ1v) is 4.77. The molecule has 4 nitrogen and oxygen atoms in total. The molecule has 0 spiro atoms. The Morgan fingerprint density at radius 3 is 2.69 bits per heavy atom. The zero-order chi connectivity index (χ0) is 11.5. The van der Waals surface area contributed by atoms with Crippen LogP contribution in [0.2, 0.25) is 0 Å². The molecule has 0 aliphatic carbocycles. The second-order valence-corrected chi connectivity index (χ2v) is 3.35. The van der Waals surface area contributed by atoms with Crippen LogP contribution in [0.3, 0.4) is 0 Å². The minimum atomic E-state index is -0.343. The van der Waals surface area contributed by atoms with Gasteiger partial charge in [0.25, 0.3) is 0 Å². The lowest BCUT2D eigenvalue weighted by Gasteiger charge is -2.10. The van der Waals surface area contributed by atoms with Gasteiger partial charge in [0.2, 0.25) is 0 Å². The minimum absolute atomic E-state index is 0.241. The molecule has 16 heavy (non-hydrogen) atoms. The van der Waals surface area contributed by atoms with Gasteiger partial charge >= 0.3 is 0 Å². The van der Waals surface area contributed by atoms with Gasteiger partial charge in [0.1, 0.15) is 5.82 Å². The number of nitrogens with one attached hydrogen (secondary N) is 1. The summed E-state index contributed by atoms with van der Waals surface area (Å²) in [6.07, 6.45) is 2.98. The Balaban J connectivity index is 2.38. The third kappa shape index (κ3) is 1.93. The summed E-state index contributed by atoms with van der Waals surface area (Å²) in [6, 6.07) is 4.83. The summed E-state index contributed by atoms with van der Waals surface area (Å²) in [4.78, 5) is 7.86. The van der Waals surface area contributed by atoms with Crippen molar-refractivity contribution in [2.45, 2.75) is 6.92 Å². The first-order valence-electron chi connectivity index (χ1n) is 4.77. The number of hydrogen-bond acceptors (Lipinski definition) is 4. The number of anilines is 3. The maximum atomic E-state index is 13.5. The van der Waals surface area contributed by atoms with Crippen molar-refractivity contribution in [2.75, 3.05) is 11.1 Å². The molecule has 0 aliphatic heterocycles. The van der Waals surface area contributed by atoms with Crippen molar-refractivity contribution < 1.29 is 4.39 Å². The summed E-state index contributed by atoms with van der Waals surface area (Å²) in [5, 5.41) is 2.84. The van der Waals surface area contributed by atoms with E-state index in [1.165, 1.54) is 18.5 Å². The van der Waals surface area contributed by atoms with Gasteiger partial charge in [-0.15, -0.1) is 0 Å². The maximum absolute atomic E-state index is 13.5. The van der Waals surface area contributed by atoms with E-state index in [1.807, 2.05) is 0 Å². The summed E-state index contributed by atoms with van der Waals surface area (Å²) in [7, 11) is 0. The summed E-state index contributed by atoms with van der Waals surface area (Å²) in [5.41, 5.74) is 6.76. The molecule has 2 aromatic rings. The van der Waals surface area contributed by atoms with Crippen LogP contribution in [0.15, 0.2) is 30.6 Å². The van der Waals surface area contributed by atoms with Crippen molar-refractivity contribution in [1.82, 2.24) is 9.97 Å². The van der Waals surface area contributed by atoms with Crippen LogP contribution in [0.5, 0.6) is 0 Å². The van der Waals surface area contributed by atoms with Gasteiger partial charge in [-0.1, -0.05) is 12.1 Å². The molecule has 0 radical (unpaired) electrons. The van der Waals surface area contributed by atoms with Gasteiger partial charge in [0, 0.05) is 12.4 Å². The summed E-state index contributed by atoms with van der Waals surface area (Å²) in [6.45, 7) is 1.80. The SMILES string of the molecule is Cc1cccc(F)c1Nc1nccnc1N. The van der Waals surface area contributed by atoms with E-state index in [0.29, 0.717) is 11.5 Å². The molecule has 1 heterocycles. The van der Waals surface area contributed by atoms with E-state index in [4.69, 9.17) is 5.73 Å². The Bertz CT molecular complexity index is 493. The van der Waals surface area contributed by atoms with E-state index in [-0.39, 0.29) is 11.6 Å². The molecule has 0 saturated heterocycles. The quantitative estimate of drug-likeness (QED) is 0.811. The molecule has 0 unspecified atom stereocenters. The molecule has 5 heteroatoms. The predicted octanol–water partition coefficient (Wildman–Crippen LogP) is 2.25. The van der Waals surface area contributed by atoms with Crippen LogP contribution in [-0.2, 0) is 0 Å². The molecular weight excluding hydrogens is 207 g/mol. The fourth-order valence-electron chi connectivity index (χ4n) is 1.35. The number of halogens is 1. The number of benzene rings is 1. The highest BCUT2D eigenvalue weighted by Gasteiger charge is 2.08. The monoisotopic (exact) mass is 218 g/mol. The Labute approximate surface area is 92.3 Å². The molecule has 0 fully saturated rings. The summed E-state index contributed by atoms with van der Waals surface area (Å²) >= 11 is 0. The first kappa shape index (κ1) is 10.4. The van der Waals surface area contributed by atoms with Gasteiger partial charge in [0.15, 0.2) is 11.6 Å². The highest BCUT2D eigenvalue weighted by Crippen LogP contribution is 2.24. The van der Waals surface area contributed by atoms with Gasteiger partial charge in [-0.05, 0) is 18.6 Å². The normalized spacial score (nSPS) is 10.1. The third-order valence-corrected chi connectivity index (χ3v) is 2.19. The minimum Gasteiger partial charge on any atom is -0.381 e. The highest BCUT2D eigenvalue weighted by atomic mass is 19.1. The number of rotatable bonds is 2. The van der Waals surface area contributed by atoms with Gasteiger partial charge < -0.3 is 11.1 Å². The number of nitrogens with two attached hydrogens (primary N) is 1. The van der Waals surface area contributed by atoms with E-state index in [9.17, 15) is 4.39 Å². The fraction of sp³-hybridized carbons (Fsp3) is 0.0909. The smallest absolute Gasteiger partial charge is 0.173 e. The Kier molecular flexibility index (Phi) is 2.68. The largest absolute Gasteiger partial charge is 0.381 e. The van der Waals surface area contributed by atoms with Crippen LogP contribution in [-0.4, -0.2) is 9.97 Å². The zero-order valence-corrected chi connectivity index (χ0v) is 8.74. The van der Waals surface area contributed by atoms with E-state index < -0.39 is 0 Å². The molecular formula is C11H11FN4. The van der Waals surface area contributed by atoms with Gasteiger partial charge in [-0.2, -0.15) is 0 Å². The van der Waals surface area contributed by atoms with Gasteiger partial charge in [-0.25, -0.2) is 14.4 Å². The van der Waals surface area contributed by atoms with Crippen LogP contribution in [0, 0.1) is 12.7 Å². The number of hydrogen-bond donors (Lipinski definition) is 2. The highest BCUT2D eigenvalue weighted by molar-refractivity contribution is 5.67. The lowest BCUT2D eigenvalue weighted by molar-refractivity contribution is 0.631. The number of aryl methyl sites for hydroxylation is 1. The summed E-state index contributed by atoms with van der Waals surface area (Å²) in [5.74, 6) is 0.255. The predicted molar refractivity (Wildman–Crippen MR) is 60.9 cm³/mol. The molecule has 1 aromatic carbocycles. The average Bonchev–Trinajstić information content (AvgIpc) is 2.26. The number of nitrogens with zero attached hydrogens (tertiary/aromatic N) is 2. The second kappa shape index (κ2) is 4.14. The number of para-hydroxylation sites is 1. The van der Waals surface area contributed by atoms with Crippen molar-refractivity contribution >= 4 is 17.3 Å². The molecule has 1 aromatic heterocycles. The standard InChI is InChI=1S/C11H11FN4/c1-7-3-2-4-8(12)9(7)16-11-10(13)14-5-6-15-11/h2-6H,1H3,(H2,13,14)(H,15,16). The fourth-order valence-corrected chi connectivity index (χ4v) is 1.35. The van der Waals surface area contributed by atoms with E-state index >= 15 is 0 Å². The Morgan fingerprint density at radius 2 is 2.00 bits per heavy atom. The molecule has 0 atom stereocenters. The van der Waals surface area contributed by atoms with Crippen LogP contribution in [0.4, 0.5) is 21.7 Å². The van der Waals surface area contributed by atoms with E-state index in [2.05, 4.69) is 15.3 Å². The average molecular weight is 218 g/mol. The lowest BCUT2D eigenvalue weighted by Crippen LogP contribution is -2.03. The molecule has 0 bridgehead atoms. The van der Waals surface area contributed by atoms with Gasteiger partial charge in [0.05, 0.1) is 5.69 Å². The van der Waals surface area contributed by atoms with Crippen molar-refractivity contribution in [3.05, 3.63) is 42.0 Å². The third-order valence-electron chi connectivity index (χ3n) is 2.19. The van der Waals surface area contributed by atoms with Crippen molar-refractivity contribution in [2.24, 2.45) is 0 Å². The van der Waals surface area contributed by atoms with Crippen molar-refractivity contribution in [1.29, 1.82) is 0 Å². The molecule has 2 rings (SSSR count). The van der Waals surface area contributed by atoms with Crippen LogP contribution in [0.25, 0.3) is 0 Å². The molecule has 3 N–H and O–H groups in total. The van der Waals surface area contributed by atoms with E-state index in [0.717, 1.165) is 5.56 Å².